The van der Waals surface area contributed by atoms with Crippen molar-refractivity contribution in [2.75, 3.05) is 49.9 Å². The maximum Gasteiger partial charge on any atom is 0.471 e. The molecule has 1 rings (SSSR count). The Morgan fingerprint density at radius 2 is 0.895 bits per heavy atom. The highest BCUT2D eigenvalue weighted by molar-refractivity contribution is 6.01. The molecule has 0 bridgehead atoms. The fraction of sp³-hybridized carbons (Fsp3) is 0.600. The van der Waals surface area contributed by atoms with Gasteiger partial charge in [-0.25, -0.2) is 9.97 Å². The molecule has 0 unspecified atom stereocenters. The number of aromatic nitrogens is 2. The summed E-state index contributed by atoms with van der Waals surface area (Å²) in [5, 5.41) is 13.4. The van der Waals surface area contributed by atoms with E-state index in [1.165, 1.54) is 0 Å². The summed E-state index contributed by atoms with van der Waals surface area (Å²) in [5.41, 5.74) is -0.596. The van der Waals surface area contributed by atoms with Crippen LogP contribution in [0.4, 0.5) is 38.0 Å². The van der Waals surface area contributed by atoms with Gasteiger partial charge in [0, 0.05) is 39.3 Å². The van der Waals surface area contributed by atoms with Crippen LogP contribution < -0.4 is 31.9 Å². The lowest BCUT2D eigenvalue weighted by molar-refractivity contribution is -0.173. The molecule has 0 atom stereocenters. The van der Waals surface area contributed by atoms with Gasteiger partial charge in [-0.15, -0.1) is 0 Å². The van der Waals surface area contributed by atoms with Gasteiger partial charge in [0.25, 0.3) is 11.8 Å². The molecule has 0 spiro atoms. The molecule has 12 nitrogen and oxygen atoms in total. The largest absolute Gasteiger partial charge is 0.471 e. The number of alkyl halides is 6. The SMILES string of the molecule is CCCNc1nc(C(=O)NCCNC(=O)C(F)(F)F)c(NCCC)nc1C(=O)NCCNC(=O)C(F)(F)F. The zero-order valence-electron chi connectivity index (χ0n) is 20.5. The number of anilines is 2. The molecular weight excluding hydrogens is 530 g/mol. The van der Waals surface area contributed by atoms with E-state index in [9.17, 15) is 45.5 Å². The minimum atomic E-state index is -5.08. The van der Waals surface area contributed by atoms with E-state index in [1.807, 2.05) is 0 Å². The molecule has 0 radical (unpaired) electrons. The van der Waals surface area contributed by atoms with E-state index in [0.717, 1.165) is 0 Å². The highest BCUT2D eigenvalue weighted by Crippen LogP contribution is 2.19. The third-order valence-corrected chi connectivity index (χ3v) is 4.32. The predicted molar refractivity (Wildman–Crippen MR) is 122 cm³/mol. The molecule has 0 saturated heterocycles. The number of halogens is 6. The molecule has 0 saturated carbocycles. The lowest BCUT2D eigenvalue weighted by atomic mass is 10.3. The Morgan fingerprint density at radius 1 is 0.579 bits per heavy atom. The molecule has 0 aliphatic carbocycles. The van der Waals surface area contributed by atoms with Crippen LogP contribution in [0.5, 0.6) is 0 Å². The quantitative estimate of drug-likeness (QED) is 0.145. The molecule has 18 heteroatoms. The van der Waals surface area contributed by atoms with Crippen molar-refractivity contribution in [2.45, 2.75) is 39.0 Å². The Bertz CT molecular complexity index is 910. The van der Waals surface area contributed by atoms with Crippen LogP contribution in [-0.4, -0.2) is 85.2 Å². The third kappa shape index (κ3) is 10.6. The van der Waals surface area contributed by atoms with Gasteiger partial charge in [0.15, 0.2) is 23.0 Å². The van der Waals surface area contributed by atoms with Crippen LogP contribution in [-0.2, 0) is 9.59 Å². The monoisotopic (exact) mass is 558 g/mol. The summed E-state index contributed by atoms with van der Waals surface area (Å²) in [6.45, 7) is 2.38. The molecule has 1 heterocycles. The first kappa shape index (κ1) is 32.2. The number of nitrogens with one attached hydrogen (secondary N) is 6. The summed E-state index contributed by atoms with van der Waals surface area (Å²) in [5.74, 6) is -6.34. The van der Waals surface area contributed by atoms with Crippen molar-refractivity contribution in [3.8, 4) is 0 Å². The van der Waals surface area contributed by atoms with Crippen molar-refractivity contribution in [2.24, 2.45) is 0 Å². The fourth-order valence-electron chi connectivity index (χ4n) is 2.56. The Balaban J connectivity index is 3.05. The molecule has 0 aliphatic heterocycles. The normalized spacial score (nSPS) is 11.4. The van der Waals surface area contributed by atoms with Crippen molar-refractivity contribution in [3.63, 3.8) is 0 Å². The lowest BCUT2D eigenvalue weighted by Crippen LogP contribution is -2.41. The minimum Gasteiger partial charge on any atom is -0.368 e. The number of amides is 4. The standard InChI is InChI=1S/C20H28F6N8O4/c1-3-5-27-13-11(15(35)29-7-9-31-17(37)19(21,22)23)34-14(28-6-4-2)12(33-13)16(36)30-8-10-32-18(38)20(24,25)26/h3-10H2,1-2H3,(H,27,33)(H,28,34)(H,29,35)(H,30,36)(H,31,37)(H,32,38). The average Bonchev–Trinajstić information content (AvgIpc) is 2.84. The van der Waals surface area contributed by atoms with Gasteiger partial charge in [0.1, 0.15) is 0 Å². The van der Waals surface area contributed by atoms with Crippen molar-refractivity contribution in [1.29, 1.82) is 0 Å². The van der Waals surface area contributed by atoms with Gasteiger partial charge >= 0.3 is 24.2 Å². The molecule has 1 aromatic heterocycles. The number of hydrogen-bond donors (Lipinski definition) is 6. The van der Waals surface area contributed by atoms with Crippen LogP contribution in [0, 0.1) is 0 Å². The summed E-state index contributed by atoms with van der Waals surface area (Å²) in [6, 6.07) is 0. The van der Waals surface area contributed by atoms with Crippen molar-refractivity contribution >= 4 is 35.3 Å². The zero-order chi connectivity index (χ0) is 28.9. The van der Waals surface area contributed by atoms with E-state index in [1.54, 1.807) is 24.5 Å². The molecule has 214 valence electrons. The van der Waals surface area contributed by atoms with E-state index in [4.69, 9.17) is 0 Å². The molecule has 0 aliphatic rings. The Labute approximate surface area is 213 Å². The van der Waals surface area contributed by atoms with Gasteiger partial charge in [0.05, 0.1) is 0 Å². The van der Waals surface area contributed by atoms with E-state index < -0.39 is 49.1 Å². The van der Waals surface area contributed by atoms with E-state index in [-0.39, 0.29) is 36.1 Å². The number of carbonyl (C=O) groups excluding carboxylic acids is 4. The zero-order valence-corrected chi connectivity index (χ0v) is 20.5. The molecule has 0 fully saturated rings. The fourth-order valence-corrected chi connectivity index (χ4v) is 2.56. The molecule has 4 amide bonds. The molecule has 6 N–H and O–H groups in total. The van der Waals surface area contributed by atoms with Crippen molar-refractivity contribution < 1.29 is 45.5 Å². The summed E-state index contributed by atoms with van der Waals surface area (Å²) in [6.07, 6.45) is -9.01. The average molecular weight is 558 g/mol. The topological polar surface area (TPSA) is 166 Å². The van der Waals surface area contributed by atoms with Crippen LogP contribution in [0.25, 0.3) is 0 Å². The Hall–Kier alpha value is -3.86. The van der Waals surface area contributed by atoms with Gasteiger partial charge in [-0.05, 0) is 12.8 Å². The van der Waals surface area contributed by atoms with E-state index >= 15 is 0 Å². The molecule has 38 heavy (non-hydrogen) atoms. The van der Waals surface area contributed by atoms with Crippen LogP contribution in [0.15, 0.2) is 0 Å². The molecule has 0 aromatic carbocycles. The highest BCUT2D eigenvalue weighted by Gasteiger charge is 2.38. The van der Waals surface area contributed by atoms with Crippen LogP contribution in [0.1, 0.15) is 47.7 Å². The maximum absolute atomic E-state index is 12.7. The van der Waals surface area contributed by atoms with E-state index in [0.29, 0.717) is 25.9 Å². The lowest BCUT2D eigenvalue weighted by Gasteiger charge is -2.16. The van der Waals surface area contributed by atoms with Crippen LogP contribution in [0.2, 0.25) is 0 Å². The molecule has 1 aromatic rings. The second-order valence-corrected chi connectivity index (χ2v) is 7.49. The highest BCUT2D eigenvalue weighted by atomic mass is 19.4. The van der Waals surface area contributed by atoms with Gasteiger partial charge in [-0.2, -0.15) is 26.3 Å². The maximum atomic E-state index is 12.7. The number of nitrogens with zero attached hydrogens (tertiary/aromatic N) is 2. The first-order valence-electron chi connectivity index (χ1n) is 11.4. The molecular formula is C20H28F6N8O4. The van der Waals surface area contributed by atoms with Gasteiger partial charge in [-0.3, -0.25) is 19.2 Å². The van der Waals surface area contributed by atoms with Crippen molar-refractivity contribution in [3.05, 3.63) is 11.4 Å². The Kier molecular flexibility index (Phi) is 12.5. The predicted octanol–water partition coefficient (Wildman–Crippen LogP) is 0.937. The van der Waals surface area contributed by atoms with Crippen molar-refractivity contribution in [1.82, 2.24) is 31.2 Å². The summed E-state index contributed by atoms with van der Waals surface area (Å²) in [4.78, 5) is 55.4. The second-order valence-electron chi connectivity index (χ2n) is 7.49. The van der Waals surface area contributed by atoms with Gasteiger partial charge in [-0.1, -0.05) is 13.8 Å². The second kappa shape index (κ2) is 14.8. The first-order valence-corrected chi connectivity index (χ1v) is 11.4. The first-order chi connectivity index (χ1) is 17.7. The van der Waals surface area contributed by atoms with Gasteiger partial charge in [0.2, 0.25) is 0 Å². The summed E-state index contributed by atoms with van der Waals surface area (Å²) in [7, 11) is 0. The third-order valence-electron chi connectivity index (χ3n) is 4.32. The number of rotatable bonds is 14. The van der Waals surface area contributed by atoms with Gasteiger partial charge < -0.3 is 31.9 Å². The van der Waals surface area contributed by atoms with Crippen LogP contribution in [0.3, 0.4) is 0 Å². The summed E-state index contributed by atoms with van der Waals surface area (Å²) >= 11 is 0. The number of carbonyl (C=O) groups is 4. The number of hydrogen-bond acceptors (Lipinski definition) is 8. The van der Waals surface area contributed by atoms with E-state index in [2.05, 4.69) is 31.2 Å². The smallest absolute Gasteiger partial charge is 0.368 e. The Morgan fingerprint density at radius 3 is 1.18 bits per heavy atom. The minimum absolute atomic E-state index is 0.138. The van der Waals surface area contributed by atoms with Crippen LogP contribution >= 0.6 is 0 Å². The summed E-state index contributed by atoms with van der Waals surface area (Å²) < 4.78 is 73.6.